The van der Waals surface area contributed by atoms with Crippen molar-refractivity contribution < 1.29 is 0 Å². The first kappa shape index (κ1) is 10.8. The Morgan fingerprint density at radius 3 is 2.64 bits per heavy atom. The van der Waals surface area contributed by atoms with E-state index in [-0.39, 0.29) is 0 Å². The van der Waals surface area contributed by atoms with Gasteiger partial charge in [0.15, 0.2) is 6.19 Å². The second-order valence-electron chi connectivity index (χ2n) is 3.53. The van der Waals surface area contributed by atoms with Gasteiger partial charge in [-0.05, 0) is 33.0 Å². The number of piperidine rings is 1. The largest absolute Gasteiger partial charge is 0.353 e. The van der Waals surface area contributed by atoms with Gasteiger partial charge < -0.3 is 10.2 Å². The molecule has 0 atom stereocenters. The highest BCUT2D eigenvalue weighted by molar-refractivity contribution is 5.81. The molecular formula is C9H17N5. The molecule has 0 aromatic rings. The Balaban J connectivity index is 2.33. The normalized spacial score (nSPS) is 20.2. The van der Waals surface area contributed by atoms with Gasteiger partial charge in [-0.15, -0.1) is 0 Å². The average Bonchev–Trinajstić information content (AvgIpc) is 2.20. The van der Waals surface area contributed by atoms with Crippen molar-refractivity contribution in [1.82, 2.24) is 15.5 Å². The molecule has 0 spiro atoms. The summed E-state index contributed by atoms with van der Waals surface area (Å²) in [6.07, 6.45) is 4.06. The van der Waals surface area contributed by atoms with Crippen LogP contribution in [-0.2, 0) is 0 Å². The molecule has 5 heteroatoms. The summed E-state index contributed by atoms with van der Waals surface area (Å²) in [5.41, 5.74) is 0. The Bertz CT molecular complexity index is 234. The van der Waals surface area contributed by atoms with E-state index in [2.05, 4.69) is 27.6 Å². The van der Waals surface area contributed by atoms with E-state index in [0.29, 0.717) is 12.0 Å². The maximum Gasteiger partial charge on any atom is 0.204 e. The van der Waals surface area contributed by atoms with E-state index < -0.39 is 0 Å². The lowest BCUT2D eigenvalue weighted by molar-refractivity contribution is 0.246. The minimum Gasteiger partial charge on any atom is -0.353 e. The van der Waals surface area contributed by atoms with Crippen molar-refractivity contribution in [2.45, 2.75) is 18.9 Å². The van der Waals surface area contributed by atoms with Crippen LogP contribution in [0.5, 0.6) is 0 Å². The van der Waals surface area contributed by atoms with Crippen molar-refractivity contribution in [2.75, 3.05) is 27.2 Å². The van der Waals surface area contributed by atoms with Gasteiger partial charge in [0.2, 0.25) is 5.96 Å². The number of aliphatic imine (C=N–C) groups is 1. The summed E-state index contributed by atoms with van der Waals surface area (Å²) < 4.78 is 0. The van der Waals surface area contributed by atoms with Crippen LogP contribution in [0.15, 0.2) is 4.99 Å². The molecule has 1 saturated heterocycles. The van der Waals surface area contributed by atoms with Gasteiger partial charge in [0.1, 0.15) is 0 Å². The van der Waals surface area contributed by atoms with Gasteiger partial charge in [-0.3, -0.25) is 10.3 Å². The number of hydrogen-bond acceptors (Lipinski definition) is 3. The van der Waals surface area contributed by atoms with Crippen molar-refractivity contribution >= 4 is 5.96 Å². The lowest BCUT2D eigenvalue weighted by Crippen LogP contribution is -2.46. The van der Waals surface area contributed by atoms with Crippen LogP contribution in [0, 0.1) is 11.5 Å². The molecule has 0 saturated carbocycles. The molecule has 0 radical (unpaired) electrons. The highest BCUT2D eigenvalue weighted by Gasteiger charge is 2.16. The number of guanidine groups is 1. The fraction of sp³-hybridized carbons (Fsp3) is 0.778. The standard InChI is InChI=1S/C9H17N5/c1-11-9(12-7-10)13-8-3-5-14(2)6-4-8/h8H,3-6H2,1-2H3,(H2,11,12,13). The second-order valence-corrected chi connectivity index (χ2v) is 3.53. The van der Waals surface area contributed by atoms with Crippen molar-refractivity contribution in [3.63, 3.8) is 0 Å². The van der Waals surface area contributed by atoms with Gasteiger partial charge in [-0.2, -0.15) is 5.26 Å². The summed E-state index contributed by atoms with van der Waals surface area (Å²) in [6.45, 7) is 2.20. The average molecular weight is 195 g/mol. The summed E-state index contributed by atoms with van der Waals surface area (Å²) in [5, 5.41) is 14.2. The van der Waals surface area contributed by atoms with Crippen LogP contribution in [0.2, 0.25) is 0 Å². The van der Waals surface area contributed by atoms with Crippen LogP contribution in [0.3, 0.4) is 0 Å². The van der Waals surface area contributed by atoms with E-state index in [0.717, 1.165) is 25.9 Å². The fourth-order valence-electron chi connectivity index (χ4n) is 1.56. The van der Waals surface area contributed by atoms with Crippen LogP contribution >= 0.6 is 0 Å². The first-order valence-electron chi connectivity index (χ1n) is 4.83. The Morgan fingerprint density at radius 1 is 1.50 bits per heavy atom. The predicted molar refractivity (Wildman–Crippen MR) is 55.8 cm³/mol. The smallest absolute Gasteiger partial charge is 0.204 e. The molecule has 1 aliphatic rings. The first-order valence-corrected chi connectivity index (χ1v) is 4.83. The summed E-state index contributed by atoms with van der Waals surface area (Å²) in [4.78, 5) is 6.25. The van der Waals surface area contributed by atoms with Gasteiger partial charge in [0.05, 0.1) is 0 Å². The van der Waals surface area contributed by atoms with Crippen LogP contribution in [-0.4, -0.2) is 44.1 Å². The number of rotatable bonds is 1. The molecule has 2 N–H and O–H groups in total. The minimum absolute atomic E-state index is 0.436. The number of likely N-dealkylation sites (tertiary alicyclic amines) is 1. The lowest BCUT2D eigenvalue weighted by atomic mass is 10.1. The second kappa shape index (κ2) is 5.45. The quantitative estimate of drug-likeness (QED) is 0.261. The minimum atomic E-state index is 0.436. The maximum atomic E-state index is 8.45. The number of nitriles is 1. The highest BCUT2D eigenvalue weighted by Crippen LogP contribution is 2.07. The molecule has 0 bridgehead atoms. The van der Waals surface area contributed by atoms with E-state index in [4.69, 9.17) is 5.26 Å². The van der Waals surface area contributed by atoms with Gasteiger partial charge >= 0.3 is 0 Å². The van der Waals surface area contributed by atoms with Crippen molar-refractivity contribution in [3.05, 3.63) is 0 Å². The molecule has 1 fully saturated rings. The Kier molecular flexibility index (Phi) is 4.20. The lowest BCUT2D eigenvalue weighted by Gasteiger charge is -2.29. The zero-order valence-corrected chi connectivity index (χ0v) is 8.75. The number of nitrogens with one attached hydrogen (secondary N) is 2. The Morgan fingerprint density at radius 2 is 2.14 bits per heavy atom. The summed E-state index contributed by atoms with van der Waals surface area (Å²) in [7, 11) is 3.79. The molecule has 1 heterocycles. The third kappa shape index (κ3) is 3.23. The zero-order valence-electron chi connectivity index (χ0n) is 8.75. The van der Waals surface area contributed by atoms with E-state index in [1.165, 1.54) is 0 Å². The van der Waals surface area contributed by atoms with E-state index >= 15 is 0 Å². The van der Waals surface area contributed by atoms with E-state index in [1.807, 2.05) is 6.19 Å². The Labute approximate surface area is 84.8 Å². The van der Waals surface area contributed by atoms with Crippen molar-refractivity contribution in [3.8, 4) is 6.19 Å². The topological polar surface area (TPSA) is 63.5 Å². The van der Waals surface area contributed by atoms with Gasteiger partial charge in [-0.1, -0.05) is 0 Å². The number of hydrogen-bond donors (Lipinski definition) is 2. The van der Waals surface area contributed by atoms with Gasteiger partial charge in [0, 0.05) is 13.1 Å². The monoisotopic (exact) mass is 195 g/mol. The molecule has 5 nitrogen and oxygen atoms in total. The molecule has 0 unspecified atom stereocenters. The predicted octanol–water partition coefficient (Wildman–Crippen LogP) is -0.273. The molecule has 14 heavy (non-hydrogen) atoms. The third-order valence-corrected chi connectivity index (χ3v) is 2.46. The summed E-state index contributed by atoms with van der Waals surface area (Å²) in [6, 6.07) is 0.436. The molecule has 78 valence electrons. The van der Waals surface area contributed by atoms with Crippen LogP contribution < -0.4 is 10.6 Å². The van der Waals surface area contributed by atoms with Crippen LogP contribution in [0.4, 0.5) is 0 Å². The molecule has 0 amide bonds. The van der Waals surface area contributed by atoms with E-state index in [9.17, 15) is 0 Å². The maximum absolute atomic E-state index is 8.45. The summed E-state index contributed by atoms with van der Waals surface area (Å²) in [5.74, 6) is 0.571. The molecular weight excluding hydrogens is 178 g/mol. The molecule has 0 aromatic heterocycles. The first-order chi connectivity index (χ1) is 6.76. The van der Waals surface area contributed by atoms with Crippen molar-refractivity contribution in [1.29, 1.82) is 5.26 Å². The SMILES string of the molecule is CN=C(NC#N)NC1CCN(C)CC1. The van der Waals surface area contributed by atoms with Crippen LogP contribution in [0.1, 0.15) is 12.8 Å². The Hall–Kier alpha value is -1.28. The molecule has 0 aliphatic carbocycles. The fourth-order valence-corrected chi connectivity index (χ4v) is 1.56. The molecule has 1 rings (SSSR count). The molecule has 1 aliphatic heterocycles. The number of nitrogens with zero attached hydrogens (tertiary/aromatic N) is 3. The highest BCUT2D eigenvalue weighted by atomic mass is 15.2. The third-order valence-electron chi connectivity index (χ3n) is 2.46. The van der Waals surface area contributed by atoms with E-state index in [1.54, 1.807) is 7.05 Å². The molecule has 0 aromatic carbocycles. The van der Waals surface area contributed by atoms with Crippen molar-refractivity contribution in [2.24, 2.45) is 4.99 Å². The zero-order chi connectivity index (χ0) is 10.4. The van der Waals surface area contributed by atoms with Crippen LogP contribution in [0.25, 0.3) is 0 Å². The summed E-state index contributed by atoms with van der Waals surface area (Å²) >= 11 is 0. The van der Waals surface area contributed by atoms with Gasteiger partial charge in [-0.25, -0.2) is 0 Å². The van der Waals surface area contributed by atoms with Gasteiger partial charge in [0.25, 0.3) is 0 Å².